The second-order valence-electron chi connectivity index (χ2n) is 11.9. The second-order valence-corrected chi connectivity index (χ2v) is 11.9. The van der Waals surface area contributed by atoms with Gasteiger partial charge in [-0.05, 0) is 64.7 Å². The van der Waals surface area contributed by atoms with E-state index in [2.05, 4.69) is 102 Å². The zero-order valence-electron chi connectivity index (χ0n) is 27.7. The average Bonchev–Trinajstić information content (AvgIpc) is 3.74. The fraction of sp³-hybridized carbons (Fsp3) is 0.0435. The van der Waals surface area contributed by atoms with Crippen LogP contribution in [-0.4, -0.2) is 4.57 Å². The number of nitrogens with zero attached hydrogens (tertiary/aromatic N) is 3. The standard InChI is InChI=1S/C44H25N3O.C2H6/c45-26-32-20-23-41(38(27-46)43(32)35-16-9-15-34-33-14-7-8-17-42(33)48-44(34)35)47-39-21-18-30(28-10-3-1-4-11-28)24-36(39)37-25-31(19-22-40(37)47)29-12-5-2-6-13-29;1-2/h1-25H;1-2H3. The summed E-state index contributed by atoms with van der Waals surface area (Å²) in [6.07, 6.45) is 0. The summed E-state index contributed by atoms with van der Waals surface area (Å²) >= 11 is 0. The number of hydrogen-bond acceptors (Lipinski definition) is 3. The minimum Gasteiger partial charge on any atom is -0.455 e. The second kappa shape index (κ2) is 12.6. The van der Waals surface area contributed by atoms with E-state index < -0.39 is 0 Å². The Balaban J connectivity index is 0.00000177. The highest BCUT2D eigenvalue weighted by Gasteiger charge is 2.23. The molecule has 0 spiro atoms. The summed E-state index contributed by atoms with van der Waals surface area (Å²) in [5, 5.41) is 25.4. The predicted molar refractivity (Wildman–Crippen MR) is 205 cm³/mol. The molecule has 0 saturated heterocycles. The van der Waals surface area contributed by atoms with Crippen molar-refractivity contribution < 1.29 is 4.42 Å². The van der Waals surface area contributed by atoms with Gasteiger partial charge in [0, 0.05) is 32.7 Å². The van der Waals surface area contributed by atoms with Crippen LogP contribution < -0.4 is 0 Å². The molecule has 0 fully saturated rings. The van der Waals surface area contributed by atoms with E-state index in [9.17, 15) is 10.5 Å². The van der Waals surface area contributed by atoms with Gasteiger partial charge in [-0.3, -0.25) is 0 Å². The number of rotatable bonds is 4. The lowest BCUT2D eigenvalue weighted by molar-refractivity contribution is 0.670. The molecule has 0 unspecified atom stereocenters. The first-order chi connectivity index (χ1) is 24.7. The van der Waals surface area contributed by atoms with Gasteiger partial charge in [0.1, 0.15) is 17.2 Å². The van der Waals surface area contributed by atoms with Gasteiger partial charge in [0.05, 0.1) is 33.9 Å². The maximum absolute atomic E-state index is 10.9. The molecule has 9 rings (SSSR count). The molecule has 0 aliphatic carbocycles. The summed E-state index contributed by atoms with van der Waals surface area (Å²) in [7, 11) is 0. The largest absolute Gasteiger partial charge is 0.455 e. The molecule has 2 heterocycles. The van der Waals surface area contributed by atoms with Gasteiger partial charge in [0.15, 0.2) is 0 Å². The van der Waals surface area contributed by atoms with Crippen molar-refractivity contribution >= 4 is 43.7 Å². The molecule has 0 aliphatic heterocycles. The Morgan fingerprint density at radius 2 is 1.08 bits per heavy atom. The van der Waals surface area contributed by atoms with Crippen LogP contribution in [0.5, 0.6) is 0 Å². The highest BCUT2D eigenvalue weighted by molar-refractivity contribution is 6.13. The van der Waals surface area contributed by atoms with Crippen LogP contribution in [0.15, 0.2) is 156 Å². The molecule has 4 nitrogen and oxygen atoms in total. The zero-order valence-corrected chi connectivity index (χ0v) is 27.7. The van der Waals surface area contributed by atoms with Gasteiger partial charge < -0.3 is 8.98 Å². The quantitative estimate of drug-likeness (QED) is 0.192. The number of benzene rings is 7. The number of hydrogen-bond donors (Lipinski definition) is 0. The first kappa shape index (κ1) is 30.5. The molecule has 0 radical (unpaired) electrons. The smallest absolute Gasteiger partial charge is 0.143 e. The van der Waals surface area contributed by atoms with E-state index in [1.807, 2.05) is 80.6 Å². The summed E-state index contributed by atoms with van der Waals surface area (Å²) in [6.45, 7) is 4.00. The number of fused-ring (bicyclic) bond motifs is 6. The molecule has 0 atom stereocenters. The number of para-hydroxylation sites is 2. The van der Waals surface area contributed by atoms with Crippen LogP contribution in [0, 0.1) is 22.7 Å². The highest BCUT2D eigenvalue weighted by atomic mass is 16.3. The Morgan fingerprint density at radius 3 is 1.68 bits per heavy atom. The average molecular weight is 642 g/mol. The van der Waals surface area contributed by atoms with Gasteiger partial charge in [0.2, 0.25) is 0 Å². The summed E-state index contributed by atoms with van der Waals surface area (Å²) < 4.78 is 8.56. The lowest BCUT2D eigenvalue weighted by Gasteiger charge is -2.15. The van der Waals surface area contributed by atoms with Crippen LogP contribution in [-0.2, 0) is 0 Å². The molecular weight excluding hydrogens is 611 g/mol. The molecule has 0 aliphatic rings. The molecule has 0 saturated carbocycles. The molecule has 0 N–H and O–H groups in total. The third kappa shape index (κ3) is 4.83. The monoisotopic (exact) mass is 641 g/mol. The van der Waals surface area contributed by atoms with Gasteiger partial charge in [-0.25, -0.2) is 0 Å². The summed E-state index contributed by atoms with van der Waals surface area (Å²) in [6, 6.07) is 56.2. The fourth-order valence-electron chi connectivity index (χ4n) is 7.11. The molecular formula is C46H31N3O. The van der Waals surface area contributed by atoms with Crippen molar-refractivity contribution in [3.8, 4) is 51.2 Å². The van der Waals surface area contributed by atoms with Crippen molar-refractivity contribution in [1.29, 1.82) is 10.5 Å². The van der Waals surface area contributed by atoms with Crippen LogP contribution in [0.4, 0.5) is 0 Å². The molecule has 7 aromatic carbocycles. The van der Waals surface area contributed by atoms with Gasteiger partial charge in [0.25, 0.3) is 0 Å². The van der Waals surface area contributed by atoms with Crippen molar-refractivity contribution in [2.75, 3.05) is 0 Å². The lowest BCUT2D eigenvalue weighted by atomic mass is 9.92. The molecule has 9 aromatic rings. The van der Waals surface area contributed by atoms with Crippen LogP contribution in [0.1, 0.15) is 25.0 Å². The van der Waals surface area contributed by atoms with Crippen molar-refractivity contribution in [3.63, 3.8) is 0 Å². The summed E-state index contributed by atoms with van der Waals surface area (Å²) in [5.74, 6) is 0. The van der Waals surface area contributed by atoms with Crippen LogP contribution in [0.25, 0.3) is 82.8 Å². The van der Waals surface area contributed by atoms with Crippen LogP contribution in [0.3, 0.4) is 0 Å². The van der Waals surface area contributed by atoms with Gasteiger partial charge >= 0.3 is 0 Å². The summed E-state index contributed by atoms with van der Waals surface area (Å²) in [4.78, 5) is 0. The molecule has 50 heavy (non-hydrogen) atoms. The summed E-state index contributed by atoms with van der Waals surface area (Å²) in [5.41, 5.74) is 10.7. The van der Waals surface area contributed by atoms with E-state index >= 15 is 0 Å². The maximum atomic E-state index is 10.9. The van der Waals surface area contributed by atoms with Gasteiger partial charge in [-0.2, -0.15) is 10.5 Å². The van der Waals surface area contributed by atoms with E-state index in [4.69, 9.17) is 4.42 Å². The Morgan fingerprint density at radius 1 is 0.500 bits per heavy atom. The lowest BCUT2D eigenvalue weighted by Crippen LogP contribution is -2.01. The zero-order chi connectivity index (χ0) is 34.2. The Bertz CT molecular complexity index is 2700. The van der Waals surface area contributed by atoms with E-state index in [0.29, 0.717) is 28.0 Å². The normalized spacial score (nSPS) is 11.0. The van der Waals surface area contributed by atoms with Crippen molar-refractivity contribution in [1.82, 2.24) is 4.57 Å². The molecule has 0 amide bonds. The maximum Gasteiger partial charge on any atom is 0.143 e. The minimum atomic E-state index is 0.417. The molecule has 2 aromatic heterocycles. The Hall–Kier alpha value is -6.88. The van der Waals surface area contributed by atoms with Gasteiger partial charge in [-0.1, -0.05) is 123 Å². The first-order valence-electron chi connectivity index (χ1n) is 16.8. The Kier molecular flexibility index (Phi) is 7.69. The highest BCUT2D eigenvalue weighted by Crippen LogP contribution is 2.42. The fourth-order valence-corrected chi connectivity index (χ4v) is 7.11. The topological polar surface area (TPSA) is 65.7 Å². The third-order valence-corrected chi connectivity index (χ3v) is 9.31. The predicted octanol–water partition coefficient (Wildman–Crippen LogP) is 12.5. The van der Waals surface area contributed by atoms with Crippen molar-refractivity contribution in [3.05, 3.63) is 163 Å². The van der Waals surface area contributed by atoms with E-state index in [-0.39, 0.29) is 0 Å². The molecule has 236 valence electrons. The van der Waals surface area contributed by atoms with E-state index in [1.165, 1.54) is 0 Å². The third-order valence-electron chi connectivity index (χ3n) is 9.31. The van der Waals surface area contributed by atoms with E-state index in [0.717, 1.165) is 66.0 Å². The van der Waals surface area contributed by atoms with E-state index in [1.54, 1.807) is 0 Å². The molecule has 4 heteroatoms. The minimum absolute atomic E-state index is 0.417. The van der Waals surface area contributed by atoms with Gasteiger partial charge in [-0.15, -0.1) is 0 Å². The first-order valence-corrected chi connectivity index (χ1v) is 16.8. The number of aromatic nitrogens is 1. The van der Waals surface area contributed by atoms with Crippen LogP contribution in [0.2, 0.25) is 0 Å². The molecule has 0 bridgehead atoms. The Labute approximate surface area is 290 Å². The SMILES string of the molecule is CC.N#Cc1ccc(-n2c3ccc(-c4ccccc4)cc3c3cc(-c4ccccc4)ccc32)c(C#N)c1-c1cccc2c1oc1ccccc12. The van der Waals surface area contributed by atoms with Crippen LogP contribution >= 0.6 is 0 Å². The number of furan rings is 1. The number of nitriles is 2. The van der Waals surface area contributed by atoms with Crippen molar-refractivity contribution in [2.45, 2.75) is 13.8 Å². The van der Waals surface area contributed by atoms with Crippen molar-refractivity contribution in [2.24, 2.45) is 0 Å².